The fourth-order valence-corrected chi connectivity index (χ4v) is 3.69. The van der Waals surface area contributed by atoms with Gasteiger partial charge in [-0.3, -0.25) is 4.79 Å². The predicted molar refractivity (Wildman–Crippen MR) is 82.6 cm³/mol. The highest BCUT2D eigenvalue weighted by Crippen LogP contribution is 2.30. The first-order valence-corrected chi connectivity index (χ1v) is 8.29. The highest BCUT2D eigenvalue weighted by Gasteiger charge is 2.37. The van der Waals surface area contributed by atoms with Crippen LogP contribution in [0.4, 0.5) is 13.2 Å². The molecule has 2 atom stereocenters. The summed E-state index contributed by atoms with van der Waals surface area (Å²) in [4.78, 5) is 14.6. The van der Waals surface area contributed by atoms with Crippen LogP contribution in [0.15, 0.2) is 24.3 Å². The second-order valence-electron chi connectivity index (χ2n) is 6.33. The first kappa shape index (κ1) is 17.1. The normalized spacial score (nSPS) is 23.9. The van der Waals surface area contributed by atoms with Gasteiger partial charge in [-0.25, -0.2) is 0 Å². The average Bonchev–Trinajstić information content (AvgIpc) is 2.77. The number of para-hydroxylation sites is 1. The van der Waals surface area contributed by atoms with Gasteiger partial charge < -0.3 is 15.0 Å². The number of aryl methyl sites for hydroxylation is 1. The van der Waals surface area contributed by atoms with Crippen LogP contribution in [0.3, 0.4) is 0 Å². The van der Waals surface area contributed by atoms with Gasteiger partial charge >= 0.3 is 6.36 Å². The number of carbonyl (C=O) groups is 1. The largest absolute Gasteiger partial charge is 0.573 e. The highest BCUT2D eigenvalue weighted by atomic mass is 19.4. The fourth-order valence-electron chi connectivity index (χ4n) is 3.69. The summed E-state index contributed by atoms with van der Waals surface area (Å²) in [6.07, 6.45) is -1.32. The monoisotopic (exact) mass is 342 g/mol. The SMILES string of the molecule is O=C(CCc1ccccc1OC(F)(F)F)N1C2CCNCC1CC2. The molecule has 0 aromatic heterocycles. The Kier molecular flexibility index (Phi) is 4.99. The van der Waals surface area contributed by atoms with Crippen molar-refractivity contribution < 1.29 is 22.7 Å². The lowest BCUT2D eigenvalue weighted by Crippen LogP contribution is -2.42. The molecule has 1 aromatic carbocycles. The maximum atomic E-state index is 12.6. The number of fused-ring (bicyclic) bond motifs is 2. The maximum absolute atomic E-state index is 12.6. The van der Waals surface area contributed by atoms with Gasteiger partial charge in [0.05, 0.1) is 0 Å². The van der Waals surface area contributed by atoms with Gasteiger partial charge in [0.2, 0.25) is 5.91 Å². The van der Waals surface area contributed by atoms with Crippen LogP contribution >= 0.6 is 0 Å². The number of nitrogens with zero attached hydrogens (tertiary/aromatic N) is 1. The topological polar surface area (TPSA) is 41.6 Å². The molecule has 0 saturated carbocycles. The second kappa shape index (κ2) is 7.01. The quantitative estimate of drug-likeness (QED) is 0.915. The molecule has 2 aliphatic heterocycles. The van der Waals surface area contributed by atoms with E-state index in [0.717, 1.165) is 32.4 Å². The minimum Gasteiger partial charge on any atom is -0.406 e. The van der Waals surface area contributed by atoms with Crippen LogP contribution in [-0.2, 0) is 11.2 Å². The summed E-state index contributed by atoms with van der Waals surface area (Å²) in [7, 11) is 0. The molecule has 132 valence electrons. The Balaban J connectivity index is 1.64. The predicted octanol–water partition coefficient (Wildman–Crippen LogP) is 2.87. The molecule has 2 fully saturated rings. The van der Waals surface area contributed by atoms with Crippen molar-refractivity contribution in [2.45, 2.75) is 50.6 Å². The second-order valence-corrected chi connectivity index (χ2v) is 6.33. The van der Waals surface area contributed by atoms with Crippen LogP contribution in [0.2, 0.25) is 0 Å². The zero-order valence-electron chi connectivity index (χ0n) is 13.3. The molecule has 2 heterocycles. The molecule has 7 heteroatoms. The molecule has 24 heavy (non-hydrogen) atoms. The van der Waals surface area contributed by atoms with Gasteiger partial charge in [-0.05, 0) is 43.9 Å². The Morgan fingerprint density at radius 3 is 2.75 bits per heavy atom. The van der Waals surface area contributed by atoms with E-state index >= 15 is 0 Å². The van der Waals surface area contributed by atoms with E-state index in [1.807, 2.05) is 4.90 Å². The van der Waals surface area contributed by atoms with E-state index < -0.39 is 6.36 Å². The number of amides is 1. The van der Waals surface area contributed by atoms with Crippen molar-refractivity contribution in [2.24, 2.45) is 0 Å². The van der Waals surface area contributed by atoms with E-state index in [-0.39, 0.29) is 36.6 Å². The van der Waals surface area contributed by atoms with Gasteiger partial charge in [0.15, 0.2) is 0 Å². The van der Waals surface area contributed by atoms with Crippen LogP contribution in [0.5, 0.6) is 5.75 Å². The van der Waals surface area contributed by atoms with Gasteiger partial charge in [0.1, 0.15) is 5.75 Å². The van der Waals surface area contributed by atoms with Crippen molar-refractivity contribution in [1.82, 2.24) is 10.2 Å². The molecule has 1 amide bonds. The number of halogens is 3. The summed E-state index contributed by atoms with van der Waals surface area (Å²) in [6, 6.07) is 6.49. The number of ether oxygens (including phenoxy) is 1. The molecule has 3 rings (SSSR count). The third-order valence-electron chi connectivity index (χ3n) is 4.75. The molecule has 2 saturated heterocycles. The number of hydrogen-bond acceptors (Lipinski definition) is 3. The number of rotatable bonds is 4. The first-order valence-electron chi connectivity index (χ1n) is 8.29. The third kappa shape index (κ3) is 4.01. The molecule has 2 aliphatic rings. The van der Waals surface area contributed by atoms with Crippen molar-refractivity contribution in [1.29, 1.82) is 0 Å². The Morgan fingerprint density at radius 2 is 1.96 bits per heavy atom. The van der Waals surface area contributed by atoms with Crippen LogP contribution in [0.25, 0.3) is 0 Å². The molecular weight excluding hydrogens is 321 g/mol. The van der Waals surface area contributed by atoms with E-state index in [4.69, 9.17) is 0 Å². The third-order valence-corrected chi connectivity index (χ3v) is 4.75. The van der Waals surface area contributed by atoms with Crippen LogP contribution in [0.1, 0.15) is 31.2 Å². The first-order chi connectivity index (χ1) is 11.4. The highest BCUT2D eigenvalue weighted by molar-refractivity contribution is 5.77. The van der Waals surface area contributed by atoms with Crippen LogP contribution in [0, 0.1) is 0 Å². The zero-order chi connectivity index (χ0) is 17.2. The number of benzene rings is 1. The molecule has 1 aromatic rings. The summed E-state index contributed by atoms with van der Waals surface area (Å²) >= 11 is 0. The lowest BCUT2D eigenvalue weighted by atomic mass is 10.1. The lowest BCUT2D eigenvalue weighted by molar-refractivity contribution is -0.274. The Labute approximate surface area is 139 Å². The standard InChI is InChI=1S/C17H21F3N2O2/c18-17(19,20)24-15-4-2-1-3-12(15)5-8-16(23)22-13-6-7-14(22)11-21-10-9-13/h1-4,13-14,21H,5-11H2. The van der Waals surface area contributed by atoms with Crippen molar-refractivity contribution in [3.8, 4) is 5.75 Å². The number of alkyl halides is 3. The van der Waals surface area contributed by atoms with Crippen molar-refractivity contribution >= 4 is 5.91 Å². The Morgan fingerprint density at radius 1 is 1.21 bits per heavy atom. The van der Waals surface area contributed by atoms with Crippen molar-refractivity contribution in [3.05, 3.63) is 29.8 Å². The van der Waals surface area contributed by atoms with Gasteiger partial charge in [0, 0.05) is 25.0 Å². The average molecular weight is 342 g/mol. The molecule has 1 N–H and O–H groups in total. The smallest absolute Gasteiger partial charge is 0.406 e. The molecular formula is C17H21F3N2O2. The molecule has 0 aliphatic carbocycles. The summed E-state index contributed by atoms with van der Waals surface area (Å²) in [6.45, 7) is 1.71. The fraction of sp³-hybridized carbons (Fsp3) is 0.588. The van der Waals surface area contributed by atoms with E-state index in [2.05, 4.69) is 10.1 Å². The number of hydrogen-bond donors (Lipinski definition) is 1. The minimum absolute atomic E-state index is 0.0213. The molecule has 0 spiro atoms. The number of nitrogens with one attached hydrogen (secondary N) is 1. The molecule has 2 bridgehead atoms. The van der Waals surface area contributed by atoms with E-state index in [1.165, 1.54) is 12.1 Å². The van der Waals surface area contributed by atoms with Gasteiger partial charge in [-0.2, -0.15) is 0 Å². The van der Waals surface area contributed by atoms with Crippen LogP contribution in [-0.4, -0.2) is 42.3 Å². The van der Waals surface area contributed by atoms with E-state index in [1.54, 1.807) is 12.1 Å². The number of carbonyl (C=O) groups excluding carboxylic acids is 1. The van der Waals surface area contributed by atoms with E-state index in [9.17, 15) is 18.0 Å². The summed E-state index contributed by atoms with van der Waals surface area (Å²) in [5.41, 5.74) is 0.406. The molecule has 0 radical (unpaired) electrons. The Bertz CT molecular complexity index is 577. The minimum atomic E-state index is -4.73. The van der Waals surface area contributed by atoms with E-state index in [0.29, 0.717) is 5.56 Å². The zero-order valence-corrected chi connectivity index (χ0v) is 13.3. The molecule has 4 nitrogen and oxygen atoms in total. The van der Waals surface area contributed by atoms with Gasteiger partial charge in [-0.1, -0.05) is 18.2 Å². The van der Waals surface area contributed by atoms with Crippen molar-refractivity contribution in [2.75, 3.05) is 13.1 Å². The summed E-state index contributed by atoms with van der Waals surface area (Å²) in [5, 5.41) is 3.33. The van der Waals surface area contributed by atoms with Gasteiger partial charge in [-0.15, -0.1) is 13.2 Å². The Hall–Kier alpha value is -1.76. The lowest BCUT2D eigenvalue weighted by Gasteiger charge is -2.28. The van der Waals surface area contributed by atoms with Crippen molar-refractivity contribution in [3.63, 3.8) is 0 Å². The maximum Gasteiger partial charge on any atom is 0.573 e. The summed E-state index contributed by atoms with van der Waals surface area (Å²) < 4.78 is 41.4. The van der Waals surface area contributed by atoms with Crippen LogP contribution < -0.4 is 10.1 Å². The van der Waals surface area contributed by atoms with Gasteiger partial charge in [0.25, 0.3) is 0 Å². The molecule has 2 unspecified atom stereocenters. The summed E-state index contributed by atoms with van der Waals surface area (Å²) in [5.74, 6) is -0.202.